The van der Waals surface area contributed by atoms with Gasteiger partial charge in [-0.15, -0.1) is 0 Å². The van der Waals surface area contributed by atoms with Gasteiger partial charge in [0, 0.05) is 28.0 Å². The van der Waals surface area contributed by atoms with Crippen LogP contribution in [0.2, 0.25) is 0 Å². The minimum absolute atomic E-state index is 0.303. The second-order valence-electron chi connectivity index (χ2n) is 25.4. The lowest BCUT2D eigenvalue weighted by Gasteiger charge is -2.36. The van der Waals surface area contributed by atoms with Gasteiger partial charge in [0.25, 0.3) is 0 Å². The lowest BCUT2D eigenvalue weighted by molar-refractivity contribution is 0.467. The molecule has 2 nitrogen and oxygen atoms in total. The summed E-state index contributed by atoms with van der Waals surface area (Å²) in [6.07, 6.45) is 0. The van der Waals surface area contributed by atoms with Crippen LogP contribution in [0.1, 0.15) is 72.3 Å². The first-order chi connectivity index (χ1) is 45.5. The minimum Gasteiger partial charge on any atom is -0.507 e. The summed E-state index contributed by atoms with van der Waals surface area (Å²) in [5.74, 6) is 0.303. The average Bonchev–Trinajstić information content (AvgIpc) is 1.52. The Morgan fingerprint density at radius 1 is 0.250 bits per heavy atom. The van der Waals surface area contributed by atoms with Gasteiger partial charge in [-0.2, -0.15) is 0 Å². The Labute approximate surface area is 535 Å². The highest BCUT2D eigenvalue weighted by molar-refractivity contribution is 6.02. The molecule has 92 heavy (non-hydrogen) atoms. The summed E-state index contributed by atoms with van der Waals surface area (Å²) in [6.45, 7) is 2.26. The van der Waals surface area contributed by atoms with Crippen LogP contribution in [0.3, 0.4) is 0 Å². The Kier molecular flexibility index (Phi) is 11.2. The molecule has 2 heteroatoms. The summed E-state index contributed by atoms with van der Waals surface area (Å²) < 4.78 is 0. The fraction of sp³-hybridized carbons (Fsp3) is 0.0444. The molecule has 1 spiro atoms. The number of hydrogen-bond acceptors (Lipinski definition) is 2. The van der Waals surface area contributed by atoms with Crippen molar-refractivity contribution >= 4 is 38.6 Å². The van der Waals surface area contributed by atoms with Gasteiger partial charge >= 0.3 is 0 Å². The van der Waals surface area contributed by atoms with E-state index in [1.807, 2.05) is 12.1 Å². The zero-order chi connectivity index (χ0) is 60.9. The van der Waals surface area contributed by atoms with E-state index < -0.39 is 16.2 Å². The summed E-state index contributed by atoms with van der Waals surface area (Å²) in [6, 6.07) is 124. The molecule has 0 bridgehead atoms. The minimum atomic E-state index is -0.862. The van der Waals surface area contributed by atoms with E-state index in [0.29, 0.717) is 5.75 Å². The number of rotatable bonds is 8. The van der Waals surface area contributed by atoms with Crippen molar-refractivity contribution in [2.75, 3.05) is 4.90 Å². The van der Waals surface area contributed by atoms with Crippen molar-refractivity contribution in [2.45, 2.75) is 23.2 Å². The summed E-state index contributed by atoms with van der Waals surface area (Å²) in [5.41, 5.74) is 29.3. The van der Waals surface area contributed by atoms with Gasteiger partial charge < -0.3 is 10.0 Å². The fourth-order valence-corrected chi connectivity index (χ4v) is 17.7. The number of phenolic OH excluding ortho intramolecular Hbond substituents is 1. The van der Waals surface area contributed by atoms with E-state index in [9.17, 15) is 5.11 Å². The second kappa shape index (κ2) is 19.7. The van der Waals surface area contributed by atoms with Crippen molar-refractivity contribution in [3.05, 3.63) is 406 Å². The highest BCUT2D eigenvalue weighted by atomic mass is 16.3. The smallest absolute Gasteiger partial charge is 0.128 e. The van der Waals surface area contributed by atoms with E-state index in [2.05, 4.69) is 333 Å². The Morgan fingerprint density at radius 3 is 1.18 bits per heavy atom. The van der Waals surface area contributed by atoms with Crippen LogP contribution in [-0.4, -0.2) is 5.11 Å². The third kappa shape index (κ3) is 6.88. The van der Waals surface area contributed by atoms with Crippen molar-refractivity contribution in [3.8, 4) is 61.4 Å². The second-order valence-corrected chi connectivity index (χ2v) is 25.4. The number of anilines is 3. The van der Waals surface area contributed by atoms with Gasteiger partial charge in [-0.3, -0.25) is 0 Å². The van der Waals surface area contributed by atoms with Crippen LogP contribution in [0.4, 0.5) is 17.1 Å². The van der Waals surface area contributed by atoms with E-state index >= 15 is 0 Å². The number of fused-ring (bicyclic) bond motifs is 18. The average molecular weight is 1170 g/mol. The van der Waals surface area contributed by atoms with Crippen LogP contribution in [0, 0.1) is 6.92 Å². The van der Waals surface area contributed by atoms with Crippen LogP contribution in [0.15, 0.2) is 334 Å². The molecule has 0 amide bonds. The molecule has 0 aromatic heterocycles. The summed E-state index contributed by atoms with van der Waals surface area (Å²) in [7, 11) is 0. The molecule has 0 aliphatic heterocycles. The highest BCUT2D eigenvalue weighted by Crippen LogP contribution is 2.65. The Bertz CT molecular complexity index is 5300. The maximum Gasteiger partial charge on any atom is 0.128 e. The van der Waals surface area contributed by atoms with E-state index in [4.69, 9.17) is 0 Å². The standard InChI is InChI=1S/C90H59NO/c1-57-66-29-10-8-23-58(66)45-51-76(57)89(85-52-46-59-24-9-11-30-68(59)87(85)92)81-41-21-16-35-73(81)86-67(36-22-42-84(86)89)60-43-47-63(48-44-60)91(64-49-53-82-74(55-64)71-33-14-17-37-77(71)88(82,61-25-4-2-5-26-61)62-27-6-3-7-28-62)65-50-54-83-75(56-65)72-34-15-20-40-80(72)90(83)78-38-18-12-31-69(78)70-32-13-19-39-79(70)90/h2-56,92H,1H3. The summed E-state index contributed by atoms with van der Waals surface area (Å²) in [4.78, 5) is 2.49. The molecule has 430 valence electrons. The number of aryl methyl sites for hydroxylation is 1. The van der Waals surface area contributed by atoms with Crippen molar-refractivity contribution < 1.29 is 5.11 Å². The largest absolute Gasteiger partial charge is 0.507 e. The molecule has 0 fully saturated rings. The predicted octanol–water partition coefficient (Wildman–Crippen LogP) is 22.2. The van der Waals surface area contributed by atoms with E-state index in [0.717, 1.165) is 66.8 Å². The Hall–Kier alpha value is -11.6. The number of benzene rings is 15. The first kappa shape index (κ1) is 52.4. The SMILES string of the molecule is Cc1c(C2(c3ccc4ccccc4c3O)c3ccccc3-c3c(-c4ccc(N(c5ccc6c(c5)-c5ccccc5C6(c5ccccc5)c5ccccc5)c5ccc6c(c5)-c5ccccc5C65c6ccccc6-c6ccccc65)cc4)cccc32)ccc2ccccc12. The summed E-state index contributed by atoms with van der Waals surface area (Å²) >= 11 is 0. The molecule has 1 atom stereocenters. The maximum atomic E-state index is 12.9. The molecule has 19 rings (SSSR count). The topological polar surface area (TPSA) is 23.5 Å². The number of nitrogens with zero attached hydrogens (tertiary/aromatic N) is 1. The molecule has 4 aliphatic carbocycles. The quantitative estimate of drug-likeness (QED) is 0.164. The van der Waals surface area contributed by atoms with E-state index in [-0.39, 0.29) is 0 Å². The number of hydrogen-bond donors (Lipinski definition) is 1. The van der Waals surface area contributed by atoms with E-state index in [1.54, 1.807) is 0 Å². The van der Waals surface area contributed by atoms with Gasteiger partial charge in [0.2, 0.25) is 0 Å². The molecule has 1 N–H and O–H groups in total. The lowest BCUT2D eigenvalue weighted by Crippen LogP contribution is -2.30. The van der Waals surface area contributed by atoms with Crippen LogP contribution in [0.5, 0.6) is 5.75 Å². The molecular weight excluding hydrogens is 1110 g/mol. The van der Waals surface area contributed by atoms with Gasteiger partial charge in [0.05, 0.1) is 16.2 Å². The third-order valence-corrected chi connectivity index (χ3v) is 21.4. The molecule has 15 aromatic rings. The first-order valence-corrected chi connectivity index (χ1v) is 32.1. The van der Waals surface area contributed by atoms with Gasteiger partial charge in [-0.05, 0) is 182 Å². The van der Waals surface area contributed by atoms with Gasteiger partial charge in [-0.25, -0.2) is 0 Å². The monoisotopic (exact) mass is 1170 g/mol. The zero-order valence-electron chi connectivity index (χ0n) is 50.6. The third-order valence-electron chi connectivity index (χ3n) is 21.4. The summed E-state index contributed by atoms with van der Waals surface area (Å²) in [5, 5.41) is 17.1. The van der Waals surface area contributed by atoms with Crippen molar-refractivity contribution in [2.24, 2.45) is 0 Å². The molecule has 4 aliphatic rings. The predicted molar refractivity (Wildman–Crippen MR) is 379 cm³/mol. The van der Waals surface area contributed by atoms with Crippen LogP contribution >= 0.6 is 0 Å². The first-order valence-electron chi connectivity index (χ1n) is 32.1. The fourth-order valence-electron chi connectivity index (χ4n) is 17.7. The van der Waals surface area contributed by atoms with Crippen molar-refractivity contribution in [3.63, 3.8) is 0 Å². The Balaban J connectivity index is 0.826. The van der Waals surface area contributed by atoms with Gasteiger partial charge in [-0.1, -0.05) is 297 Å². The van der Waals surface area contributed by atoms with Crippen LogP contribution in [0.25, 0.3) is 77.2 Å². The van der Waals surface area contributed by atoms with E-state index in [1.165, 1.54) is 99.8 Å². The molecule has 0 radical (unpaired) electrons. The zero-order valence-corrected chi connectivity index (χ0v) is 50.6. The van der Waals surface area contributed by atoms with Crippen LogP contribution < -0.4 is 4.90 Å². The van der Waals surface area contributed by atoms with Gasteiger partial charge in [0.1, 0.15) is 5.75 Å². The van der Waals surface area contributed by atoms with Crippen LogP contribution in [-0.2, 0) is 16.2 Å². The maximum absolute atomic E-state index is 12.9. The molecule has 0 saturated carbocycles. The highest BCUT2D eigenvalue weighted by Gasteiger charge is 2.53. The normalized spacial score (nSPS) is 15.3. The molecule has 15 aromatic carbocycles. The van der Waals surface area contributed by atoms with Crippen molar-refractivity contribution in [1.29, 1.82) is 0 Å². The molecular formula is C90H59NO. The lowest BCUT2D eigenvalue weighted by atomic mass is 9.65. The molecule has 0 heterocycles. The molecule has 1 unspecified atom stereocenters. The molecule has 0 saturated heterocycles. The van der Waals surface area contributed by atoms with Crippen molar-refractivity contribution in [1.82, 2.24) is 0 Å². The number of aromatic hydroxyl groups is 1. The Morgan fingerprint density at radius 2 is 0.620 bits per heavy atom. The van der Waals surface area contributed by atoms with Gasteiger partial charge in [0.15, 0.2) is 0 Å². The number of phenols is 1.